The van der Waals surface area contributed by atoms with Crippen molar-refractivity contribution in [2.45, 2.75) is 20.3 Å². The lowest BCUT2D eigenvalue weighted by atomic mass is 10.1. The Bertz CT molecular complexity index is 99.1. The summed E-state index contributed by atoms with van der Waals surface area (Å²) in [6, 6.07) is 0. The SMILES string of the molecule is CCC(C)/C(=N/N)NN. The highest BCUT2D eigenvalue weighted by atomic mass is 15.3. The number of hydrogen-bond acceptors (Lipinski definition) is 3. The summed E-state index contributed by atoms with van der Waals surface area (Å²) in [4.78, 5) is 0. The van der Waals surface area contributed by atoms with Crippen LogP contribution in [0.2, 0.25) is 0 Å². The summed E-state index contributed by atoms with van der Waals surface area (Å²) >= 11 is 0. The Morgan fingerprint density at radius 3 is 2.44 bits per heavy atom. The van der Waals surface area contributed by atoms with Gasteiger partial charge in [0.1, 0.15) is 5.84 Å². The van der Waals surface area contributed by atoms with Crippen molar-refractivity contribution < 1.29 is 0 Å². The first-order valence-electron chi connectivity index (χ1n) is 3.00. The summed E-state index contributed by atoms with van der Waals surface area (Å²) in [7, 11) is 0. The predicted octanol–water partition coefficient (Wildman–Crippen LogP) is -0.232. The molecule has 1 atom stereocenters. The Morgan fingerprint density at radius 2 is 2.33 bits per heavy atom. The second kappa shape index (κ2) is 4.14. The average Bonchev–Trinajstić information content (AvgIpc) is 1.90. The molecule has 0 saturated heterocycles. The van der Waals surface area contributed by atoms with Crippen molar-refractivity contribution in [1.82, 2.24) is 5.43 Å². The lowest BCUT2D eigenvalue weighted by Crippen LogP contribution is -2.35. The van der Waals surface area contributed by atoms with Crippen LogP contribution in [0.25, 0.3) is 0 Å². The normalized spacial score (nSPS) is 15.2. The van der Waals surface area contributed by atoms with Crippen LogP contribution in [0.1, 0.15) is 20.3 Å². The molecule has 0 aliphatic heterocycles. The summed E-state index contributed by atoms with van der Waals surface area (Å²) in [6.07, 6.45) is 0.986. The van der Waals surface area contributed by atoms with Gasteiger partial charge in [-0.05, 0) is 6.42 Å². The molecule has 5 N–H and O–H groups in total. The van der Waals surface area contributed by atoms with E-state index in [1.54, 1.807) is 0 Å². The van der Waals surface area contributed by atoms with Crippen molar-refractivity contribution in [3.8, 4) is 0 Å². The summed E-state index contributed by atoms with van der Waals surface area (Å²) < 4.78 is 0. The molecule has 9 heavy (non-hydrogen) atoms. The van der Waals surface area contributed by atoms with E-state index in [0.29, 0.717) is 11.8 Å². The third-order valence-corrected chi connectivity index (χ3v) is 1.37. The van der Waals surface area contributed by atoms with E-state index in [4.69, 9.17) is 11.7 Å². The van der Waals surface area contributed by atoms with E-state index in [1.165, 1.54) is 0 Å². The van der Waals surface area contributed by atoms with E-state index < -0.39 is 0 Å². The molecule has 0 aromatic heterocycles. The number of nitrogens with zero attached hydrogens (tertiary/aromatic N) is 1. The molecule has 0 spiro atoms. The van der Waals surface area contributed by atoms with Crippen molar-refractivity contribution in [3.63, 3.8) is 0 Å². The maximum absolute atomic E-state index is 5.10. The molecular weight excluding hydrogens is 116 g/mol. The van der Waals surface area contributed by atoms with Crippen LogP contribution in [0.5, 0.6) is 0 Å². The maximum atomic E-state index is 5.10. The maximum Gasteiger partial charge on any atom is 0.138 e. The smallest absolute Gasteiger partial charge is 0.138 e. The van der Waals surface area contributed by atoms with Crippen LogP contribution >= 0.6 is 0 Å². The van der Waals surface area contributed by atoms with E-state index in [0.717, 1.165) is 6.42 Å². The fourth-order valence-electron chi connectivity index (χ4n) is 0.500. The van der Waals surface area contributed by atoms with Crippen LogP contribution in [0.4, 0.5) is 0 Å². The molecule has 0 saturated carbocycles. The number of rotatable bonds is 2. The quantitative estimate of drug-likeness (QED) is 0.209. The molecule has 0 aromatic rings. The lowest BCUT2D eigenvalue weighted by molar-refractivity contribution is 0.701. The van der Waals surface area contributed by atoms with Crippen LogP contribution in [0.3, 0.4) is 0 Å². The highest BCUT2D eigenvalue weighted by molar-refractivity contribution is 5.83. The van der Waals surface area contributed by atoms with Crippen molar-refractivity contribution in [2.75, 3.05) is 0 Å². The first-order valence-corrected chi connectivity index (χ1v) is 3.00. The third-order valence-electron chi connectivity index (χ3n) is 1.37. The number of hydrogen-bond donors (Lipinski definition) is 3. The van der Waals surface area contributed by atoms with Crippen molar-refractivity contribution >= 4 is 5.84 Å². The first kappa shape index (κ1) is 8.23. The van der Waals surface area contributed by atoms with Gasteiger partial charge in [0.25, 0.3) is 0 Å². The first-order chi connectivity index (χ1) is 4.26. The molecule has 0 aliphatic rings. The van der Waals surface area contributed by atoms with Gasteiger partial charge < -0.3 is 11.3 Å². The number of nitrogens with two attached hydrogens (primary N) is 2. The second-order valence-corrected chi connectivity index (χ2v) is 1.97. The van der Waals surface area contributed by atoms with E-state index in [2.05, 4.69) is 10.5 Å². The Kier molecular flexibility index (Phi) is 3.79. The summed E-state index contributed by atoms with van der Waals surface area (Å²) in [5.41, 5.74) is 2.43. The van der Waals surface area contributed by atoms with Gasteiger partial charge in [-0.15, -0.1) is 0 Å². The molecule has 0 rings (SSSR count). The van der Waals surface area contributed by atoms with Crippen LogP contribution in [-0.4, -0.2) is 5.84 Å². The lowest BCUT2D eigenvalue weighted by Gasteiger charge is -2.08. The van der Waals surface area contributed by atoms with Crippen LogP contribution in [0.15, 0.2) is 5.10 Å². The molecule has 1 unspecified atom stereocenters. The van der Waals surface area contributed by atoms with Gasteiger partial charge in [-0.3, -0.25) is 0 Å². The molecule has 0 radical (unpaired) electrons. The number of hydrazone groups is 1. The van der Waals surface area contributed by atoms with Crippen molar-refractivity contribution in [2.24, 2.45) is 22.7 Å². The Balaban J connectivity index is 3.80. The van der Waals surface area contributed by atoms with E-state index >= 15 is 0 Å². The minimum Gasteiger partial charge on any atom is -0.322 e. The highest BCUT2D eigenvalue weighted by Gasteiger charge is 2.04. The molecule has 0 amide bonds. The zero-order valence-corrected chi connectivity index (χ0v) is 5.89. The zero-order chi connectivity index (χ0) is 7.28. The molecule has 0 heterocycles. The monoisotopic (exact) mass is 130 g/mol. The van der Waals surface area contributed by atoms with Crippen LogP contribution in [0, 0.1) is 5.92 Å². The topological polar surface area (TPSA) is 76.4 Å². The van der Waals surface area contributed by atoms with E-state index in [1.807, 2.05) is 13.8 Å². The van der Waals surface area contributed by atoms with Crippen molar-refractivity contribution in [3.05, 3.63) is 0 Å². The van der Waals surface area contributed by atoms with E-state index in [9.17, 15) is 0 Å². The Hall–Kier alpha value is -0.770. The number of nitrogens with one attached hydrogen (secondary N) is 1. The average molecular weight is 130 g/mol. The number of amidine groups is 1. The summed E-state index contributed by atoms with van der Waals surface area (Å²) in [6.45, 7) is 4.05. The van der Waals surface area contributed by atoms with Gasteiger partial charge in [0, 0.05) is 5.92 Å². The molecular formula is C5H14N4. The minimum atomic E-state index is 0.319. The largest absolute Gasteiger partial charge is 0.322 e. The minimum absolute atomic E-state index is 0.319. The van der Waals surface area contributed by atoms with Crippen LogP contribution < -0.4 is 17.1 Å². The summed E-state index contributed by atoms with van der Waals surface area (Å²) in [5, 5.41) is 3.46. The van der Waals surface area contributed by atoms with Crippen LogP contribution in [-0.2, 0) is 0 Å². The van der Waals surface area contributed by atoms with E-state index in [-0.39, 0.29) is 0 Å². The molecule has 4 heteroatoms. The van der Waals surface area contributed by atoms with Gasteiger partial charge in [0.15, 0.2) is 0 Å². The fourth-order valence-corrected chi connectivity index (χ4v) is 0.500. The number of hydrazine groups is 1. The molecule has 54 valence electrons. The van der Waals surface area contributed by atoms with Gasteiger partial charge >= 0.3 is 0 Å². The Morgan fingerprint density at radius 1 is 1.78 bits per heavy atom. The molecule has 0 aromatic carbocycles. The summed E-state index contributed by atoms with van der Waals surface area (Å²) in [5.74, 6) is 11.1. The molecule has 4 nitrogen and oxygen atoms in total. The predicted molar refractivity (Wildman–Crippen MR) is 38.4 cm³/mol. The van der Waals surface area contributed by atoms with Gasteiger partial charge in [-0.2, -0.15) is 5.10 Å². The zero-order valence-electron chi connectivity index (χ0n) is 5.89. The molecule has 0 aliphatic carbocycles. The highest BCUT2D eigenvalue weighted by Crippen LogP contribution is 1.99. The third kappa shape index (κ3) is 2.32. The standard InChI is InChI=1S/C5H14N4/c1-3-4(2)5(8-6)9-7/h4H,3,6-7H2,1-2H3,(H,8,9). The fraction of sp³-hybridized carbons (Fsp3) is 0.800. The Labute approximate surface area is 55.3 Å². The molecule has 0 bridgehead atoms. The second-order valence-electron chi connectivity index (χ2n) is 1.97. The van der Waals surface area contributed by atoms with Gasteiger partial charge in [-0.1, -0.05) is 13.8 Å². The molecule has 0 fully saturated rings. The van der Waals surface area contributed by atoms with Crippen molar-refractivity contribution in [1.29, 1.82) is 0 Å². The van der Waals surface area contributed by atoms with Gasteiger partial charge in [0.2, 0.25) is 0 Å². The van der Waals surface area contributed by atoms with Gasteiger partial charge in [-0.25, -0.2) is 5.84 Å². The van der Waals surface area contributed by atoms with Gasteiger partial charge in [0.05, 0.1) is 0 Å².